The number of rotatable bonds is 5. The molecule has 0 aromatic heterocycles. The van der Waals surface area contributed by atoms with Crippen LogP contribution in [0.25, 0.3) is 0 Å². The summed E-state index contributed by atoms with van der Waals surface area (Å²) in [5, 5.41) is -0.704. The van der Waals surface area contributed by atoms with E-state index in [4.69, 9.17) is 11.6 Å². The molecule has 0 saturated heterocycles. The molecule has 1 atom stereocenters. The second-order valence-electron chi connectivity index (χ2n) is 4.37. The monoisotopic (exact) mass is 276 g/mol. The lowest BCUT2D eigenvalue weighted by Gasteiger charge is -2.09. The van der Waals surface area contributed by atoms with Gasteiger partial charge >= 0.3 is 0 Å². The van der Waals surface area contributed by atoms with E-state index in [0.29, 0.717) is 18.4 Å². The molecule has 0 fully saturated rings. The number of hydrogen-bond donors (Lipinski definition) is 0. The van der Waals surface area contributed by atoms with Gasteiger partial charge in [-0.05, 0) is 29.7 Å². The van der Waals surface area contributed by atoms with E-state index < -0.39 is 5.38 Å². The lowest BCUT2D eigenvalue weighted by Crippen LogP contribution is -2.08. The fraction of sp³-hybridized carbons (Fsp3) is 0.188. The first-order chi connectivity index (χ1) is 9.16. The number of Topliss-reactive ketones (excluding diaryl/α,β-unsaturated/α-hetero) is 1. The van der Waals surface area contributed by atoms with Crippen molar-refractivity contribution >= 4 is 17.4 Å². The Labute approximate surface area is 117 Å². The lowest BCUT2D eigenvalue weighted by atomic mass is 10.0. The van der Waals surface area contributed by atoms with E-state index in [9.17, 15) is 9.18 Å². The molecular weight excluding hydrogens is 263 g/mol. The van der Waals surface area contributed by atoms with Crippen LogP contribution >= 0.6 is 11.6 Å². The first-order valence-electron chi connectivity index (χ1n) is 6.13. The Morgan fingerprint density at radius 3 is 2.32 bits per heavy atom. The summed E-state index contributed by atoms with van der Waals surface area (Å²) >= 11 is 6.10. The molecule has 3 heteroatoms. The topological polar surface area (TPSA) is 17.1 Å². The van der Waals surface area contributed by atoms with Crippen LogP contribution in [0.2, 0.25) is 0 Å². The number of aryl methyl sites for hydroxylation is 1. The maximum absolute atomic E-state index is 12.8. The standard InChI is InChI=1S/C16H14ClFO/c17-16(13-7-9-14(18)10-8-13)15(19)11-6-12-4-2-1-3-5-12/h1-5,7-10,16H,6,11H2. The van der Waals surface area contributed by atoms with Crippen LogP contribution in [0, 0.1) is 5.82 Å². The van der Waals surface area contributed by atoms with E-state index >= 15 is 0 Å². The number of halogens is 2. The van der Waals surface area contributed by atoms with Crippen molar-refractivity contribution in [2.75, 3.05) is 0 Å². The molecular formula is C16H14ClFO. The van der Waals surface area contributed by atoms with Crippen LogP contribution < -0.4 is 0 Å². The van der Waals surface area contributed by atoms with Crippen LogP contribution in [-0.2, 0) is 11.2 Å². The number of carbonyl (C=O) groups excluding carboxylic acids is 1. The number of benzene rings is 2. The first kappa shape index (κ1) is 13.8. The van der Waals surface area contributed by atoms with Gasteiger partial charge in [0.05, 0.1) is 0 Å². The largest absolute Gasteiger partial charge is 0.298 e. The molecule has 1 nitrogen and oxygen atoms in total. The molecule has 0 spiro atoms. The fourth-order valence-corrected chi connectivity index (χ4v) is 2.11. The van der Waals surface area contributed by atoms with Gasteiger partial charge in [-0.2, -0.15) is 0 Å². The third-order valence-electron chi connectivity index (χ3n) is 2.95. The predicted octanol–water partition coefficient (Wildman–Crippen LogP) is 4.31. The summed E-state index contributed by atoms with van der Waals surface area (Å²) in [6.07, 6.45) is 1.06. The molecule has 0 aliphatic heterocycles. The summed E-state index contributed by atoms with van der Waals surface area (Å²) in [6, 6.07) is 15.5. The van der Waals surface area contributed by atoms with Gasteiger partial charge in [0.1, 0.15) is 11.2 Å². The second-order valence-corrected chi connectivity index (χ2v) is 4.80. The highest BCUT2D eigenvalue weighted by Gasteiger charge is 2.17. The van der Waals surface area contributed by atoms with Gasteiger partial charge in [0, 0.05) is 6.42 Å². The lowest BCUT2D eigenvalue weighted by molar-refractivity contribution is -0.118. The molecule has 0 N–H and O–H groups in total. The zero-order valence-corrected chi connectivity index (χ0v) is 11.1. The average Bonchev–Trinajstić information content (AvgIpc) is 2.46. The van der Waals surface area contributed by atoms with Gasteiger partial charge in [-0.3, -0.25) is 4.79 Å². The molecule has 0 saturated carbocycles. The molecule has 2 aromatic carbocycles. The summed E-state index contributed by atoms with van der Waals surface area (Å²) in [4.78, 5) is 12.0. The summed E-state index contributed by atoms with van der Waals surface area (Å²) in [7, 11) is 0. The highest BCUT2D eigenvalue weighted by atomic mass is 35.5. The Morgan fingerprint density at radius 2 is 1.68 bits per heavy atom. The SMILES string of the molecule is O=C(CCc1ccccc1)C(Cl)c1ccc(F)cc1. The Kier molecular flexibility index (Phi) is 4.69. The van der Waals surface area contributed by atoms with E-state index in [1.807, 2.05) is 30.3 Å². The van der Waals surface area contributed by atoms with Gasteiger partial charge in [0.25, 0.3) is 0 Å². The van der Waals surface area contributed by atoms with Crippen molar-refractivity contribution in [3.63, 3.8) is 0 Å². The van der Waals surface area contributed by atoms with Crippen LogP contribution in [0.5, 0.6) is 0 Å². The quantitative estimate of drug-likeness (QED) is 0.744. The van der Waals surface area contributed by atoms with Crippen molar-refractivity contribution in [1.29, 1.82) is 0 Å². The molecule has 0 radical (unpaired) electrons. The van der Waals surface area contributed by atoms with Gasteiger partial charge in [-0.25, -0.2) is 4.39 Å². The Hall–Kier alpha value is -1.67. The molecule has 19 heavy (non-hydrogen) atoms. The minimum atomic E-state index is -0.704. The zero-order valence-electron chi connectivity index (χ0n) is 10.4. The van der Waals surface area contributed by atoms with E-state index in [1.54, 1.807) is 12.1 Å². The van der Waals surface area contributed by atoms with Crippen LogP contribution in [0.3, 0.4) is 0 Å². The minimum absolute atomic E-state index is 0.0443. The molecule has 0 aliphatic carbocycles. The summed E-state index contributed by atoms with van der Waals surface area (Å²) < 4.78 is 12.8. The van der Waals surface area contributed by atoms with Crippen molar-refractivity contribution in [2.24, 2.45) is 0 Å². The van der Waals surface area contributed by atoms with Crippen molar-refractivity contribution in [1.82, 2.24) is 0 Å². The Balaban J connectivity index is 1.94. The molecule has 1 unspecified atom stereocenters. The van der Waals surface area contributed by atoms with E-state index in [-0.39, 0.29) is 11.6 Å². The van der Waals surface area contributed by atoms with Crippen LogP contribution in [0.15, 0.2) is 54.6 Å². The third kappa shape index (κ3) is 3.90. The van der Waals surface area contributed by atoms with Crippen molar-refractivity contribution in [3.05, 3.63) is 71.5 Å². The summed E-state index contributed by atoms with van der Waals surface area (Å²) in [5.41, 5.74) is 1.75. The van der Waals surface area contributed by atoms with Gasteiger partial charge in [-0.15, -0.1) is 11.6 Å². The predicted molar refractivity (Wildman–Crippen MR) is 74.8 cm³/mol. The van der Waals surface area contributed by atoms with E-state index in [1.165, 1.54) is 12.1 Å². The minimum Gasteiger partial charge on any atom is -0.298 e. The Morgan fingerprint density at radius 1 is 1.05 bits per heavy atom. The normalized spacial score (nSPS) is 12.1. The third-order valence-corrected chi connectivity index (χ3v) is 3.44. The molecule has 0 aliphatic rings. The number of alkyl halides is 1. The highest BCUT2D eigenvalue weighted by molar-refractivity contribution is 6.31. The number of ketones is 1. The molecule has 0 bridgehead atoms. The van der Waals surface area contributed by atoms with E-state index in [2.05, 4.69) is 0 Å². The van der Waals surface area contributed by atoms with Gasteiger partial charge in [0.15, 0.2) is 5.78 Å². The molecule has 2 rings (SSSR count). The van der Waals surface area contributed by atoms with Crippen molar-refractivity contribution < 1.29 is 9.18 Å². The molecule has 0 amide bonds. The van der Waals surface area contributed by atoms with Gasteiger partial charge in [0.2, 0.25) is 0 Å². The number of hydrogen-bond acceptors (Lipinski definition) is 1. The average molecular weight is 277 g/mol. The van der Waals surface area contributed by atoms with Crippen LogP contribution in [-0.4, -0.2) is 5.78 Å². The molecule has 2 aromatic rings. The van der Waals surface area contributed by atoms with Crippen molar-refractivity contribution in [2.45, 2.75) is 18.2 Å². The maximum atomic E-state index is 12.8. The molecule has 0 heterocycles. The van der Waals surface area contributed by atoms with Crippen LogP contribution in [0.1, 0.15) is 22.9 Å². The maximum Gasteiger partial charge on any atom is 0.155 e. The van der Waals surface area contributed by atoms with E-state index in [0.717, 1.165) is 5.56 Å². The molecule has 98 valence electrons. The van der Waals surface area contributed by atoms with Crippen LogP contribution in [0.4, 0.5) is 4.39 Å². The highest BCUT2D eigenvalue weighted by Crippen LogP contribution is 2.23. The van der Waals surface area contributed by atoms with Gasteiger partial charge < -0.3 is 0 Å². The smallest absolute Gasteiger partial charge is 0.155 e. The number of carbonyl (C=O) groups is 1. The first-order valence-corrected chi connectivity index (χ1v) is 6.56. The second kappa shape index (κ2) is 6.48. The Bertz CT molecular complexity index is 536. The summed E-state index contributed by atoms with van der Waals surface area (Å²) in [6.45, 7) is 0. The van der Waals surface area contributed by atoms with Crippen molar-refractivity contribution in [3.8, 4) is 0 Å². The summed E-state index contributed by atoms with van der Waals surface area (Å²) in [5.74, 6) is -0.374. The fourth-order valence-electron chi connectivity index (χ4n) is 1.86. The van der Waals surface area contributed by atoms with Gasteiger partial charge in [-0.1, -0.05) is 42.5 Å². The zero-order chi connectivity index (χ0) is 13.7.